The van der Waals surface area contributed by atoms with Crippen molar-refractivity contribution in [3.8, 4) is 0 Å². The summed E-state index contributed by atoms with van der Waals surface area (Å²) in [4.78, 5) is 2.45. The Balaban J connectivity index is 1.42. The first-order chi connectivity index (χ1) is 12.9. The zero-order valence-corrected chi connectivity index (χ0v) is 17.3. The molecule has 2 N–H and O–H groups in total. The van der Waals surface area contributed by atoms with Gasteiger partial charge in [0.25, 0.3) is 0 Å². The van der Waals surface area contributed by atoms with Crippen LogP contribution in [0.4, 0.5) is 0 Å². The average molecular weight is 409 g/mol. The highest BCUT2D eigenvalue weighted by atomic mass is 32.2. The van der Waals surface area contributed by atoms with Crippen LogP contribution in [0.3, 0.4) is 0 Å². The number of hydrogen-bond acceptors (Lipinski definition) is 6. The Bertz CT molecular complexity index is 794. The van der Waals surface area contributed by atoms with Gasteiger partial charge in [0.1, 0.15) is 4.21 Å². The van der Waals surface area contributed by atoms with Gasteiger partial charge >= 0.3 is 0 Å². The summed E-state index contributed by atoms with van der Waals surface area (Å²) in [5.41, 5.74) is 1.33. The van der Waals surface area contributed by atoms with E-state index >= 15 is 0 Å². The second kappa shape index (κ2) is 9.30. The van der Waals surface area contributed by atoms with Gasteiger partial charge in [0, 0.05) is 25.7 Å². The third-order valence-corrected chi connectivity index (χ3v) is 8.44. The summed E-state index contributed by atoms with van der Waals surface area (Å²) in [5.74, 6) is 0.271. The average Bonchev–Trinajstić information content (AvgIpc) is 3.32. The Labute approximate surface area is 166 Å². The molecule has 148 valence electrons. The van der Waals surface area contributed by atoms with Crippen molar-refractivity contribution in [1.82, 2.24) is 10.2 Å². The number of aliphatic hydroxyl groups is 1. The van der Waals surface area contributed by atoms with Gasteiger partial charge in [-0.1, -0.05) is 36.4 Å². The standard InChI is InChI=1S/C20H28N2O3S2/c1-16(18-9-10-22(14-18)13-17-6-3-2-4-7-17)21-12-19(23)15-27(24,25)20-8-5-11-26-20/h2-8,11,16,18-19,21,23H,9-10,12-15H2,1H3. The lowest BCUT2D eigenvalue weighted by Gasteiger charge is -2.23. The van der Waals surface area contributed by atoms with Crippen LogP contribution in [0.1, 0.15) is 18.9 Å². The van der Waals surface area contributed by atoms with Crippen LogP contribution in [0.15, 0.2) is 52.1 Å². The number of hydrogen-bond donors (Lipinski definition) is 2. The fourth-order valence-corrected chi connectivity index (χ4v) is 6.06. The minimum Gasteiger partial charge on any atom is -0.391 e. The Morgan fingerprint density at radius 3 is 2.74 bits per heavy atom. The van der Waals surface area contributed by atoms with Crippen LogP contribution in [-0.2, 0) is 16.4 Å². The molecule has 1 aromatic carbocycles. The number of aliphatic hydroxyl groups excluding tert-OH is 1. The Hall–Kier alpha value is -1.25. The van der Waals surface area contributed by atoms with E-state index in [0.717, 1.165) is 26.1 Å². The first kappa shape index (κ1) is 20.5. The Kier molecular flexibility index (Phi) is 7.05. The molecule has 1 saturated heterocycles. The van der Waals surface area contributed by atoms with Gasteiger partial charge in [-0.15, -0.1) is 11.3 Å². The molecule has 3 unspecified atom stereocenters. The predicted octanol–water partition coefficient (Wildman–Crippen LogP) is 2.38. The summed E-state index contributed by atoms with van der Waals surface area (Å²) in [7, 11) is -3.41. The predicted molar refractivity (Wildman–Crippen MR) is 110 cm³/mol. The lowest BCUT2D eigenvalue weighted by atomic mass is 10.0. The van der Waals surface area contributed by atoms with Crippen molar-refractivity contribution in [3.05, 3.63) is 53.4 Å². The van der Waals surface area contributed by atoms with Gasteiger partial charge in [0.2, 0.25) is 0 Å². The molecular weight excluding hydrogens is 380 g/mol. The second-order valence-electron chi connectivity index (χ2n) is 7.33. The maximum absolute atomic E-state index is 12.2. The summed E-state index contributed by atoms with van der Waals surface area (Å²) in [6.45, 7) is 5.47. The van der Waals surface area contributed by atoms with Crippen LogP contribution in [0, 0.1) is 5.92 Å². The smallest absolute Gasteiger partial charge is 0.190 e. The van der Waals surface area contributed by atoms with E-state index in [2.05, 4.69) is 41.4 Å². The third kappa shape index (κ3) is 5.86. The van der Waals surface area contributed by atoms with Crippen molar-refractivity contribution in [3.63, 3.8) is 0 Å². The monoisotopic (exact) mass is 408 g/mol. The summed E-state index contributed by atoms with van der Waals surface area (Å²) >= 11 is 1.19. The second-order valence-corrected chi connectivity index (χ2v) is 10.5. The first-order valence-electron chi connectivity index (χ1n) is 9.38. The molecule has 0 spiro atoms. The van der Waals surface area contributed by atoms with E-state index in [9.17, 15) is 13.5 Å². The first-order valence-corrected chi connectivity index (χ1v) is 11.9. The number of nitrogens with zero attached hydrogens (tertiary/aromatic N) is 1. The van der Waals surface area contributed by atoms with Crippen LogP contribution < -0.4 is 5.32 Å². The van der Waals surface area contributed by atoms with Crippen molar-refractivity contribution in [2.24, 2.45) is 5.92 Å². The quantitative estimate of drug-likeness (QED) is 0.667. The van der Waals surface area contributed by atoms with E-state index in [4.69, 9.17) is 0 Å². The molecule has 1 aliphatic heterocycles. The fraction of sp³-hybridized carbons (Fsp3) is 0.500. The van der Waals surface area contributed by atoms with Crippen molar-refractivity contribution >= 4 is 21.2 Å². The topological polar surface area (TPSA) is 69.6 Å². The summed E-state index contributed by atoms with van der Waals surface area (Å²) < 4.78 is 24.8. The van der Waals surface area contributed by atoms with E-state index in [1.54, 1.807) is 17.5 Å². The van der Waals surface area contributed by atoms with E-state index < -0.39 is 15.9 Å². The van der Waals surface area contributed by atoms with E-state index in [1.165, 1.54) is 16.9 Å². The van der Waals surface area contributed by atoms with Crippen molar-refractivity contribution in [2.75, 3.05) is 25.4 Å². The Morgan fingerprint density at radius 1 is 1.26 bits per heavy atom. The highest BCUT2D eigenvalue weighted by Crippen LogP contribution is 2.22. The van der Waals surface area contributed by atoms with Gasteiger partial charge < -0.3 is 10.4 Å². The zero-order valence-electron chi connectivity index (χ0n) is 15.6. The van der Waals surface area contributed by atoms with Crippen molar-refractivity contribution in [1.29, 1.82) is 0 Å². The van der Waals surface area contributed by atoms with Gasteiger partial charge in [-0.25, -0.2) is 8.42 Å². The van der Waals surface area contributed by atoms with E-state index in [1.807, 2.05) is 6.07 Å². The summed E-state index contributed by atoms with van der Waals surface area (Å²) in [6.07, 6.45) is 0.214. The van der Waals surface area contributed by atoms with E-state index in [0.29, 0.717) is 16.7 Å². The maximum Gasteiger partial charge on any atom is 0.190 e. The molecule has 1 aromatic heterocycles. The summed E-state index contributed by atoms with van der Waals surface area (Å²) in [5, 5.41) is 15.3. The number of sulfone groups is 1. The molecular formula is C20H28N2O3S2. The molecule has 3 atom stereocenters. The van der Waals surface area contributed by atoms with Gasteiger partial charge in [-0.3, -0.25) is 4.90 Å². The van der Waals surface area contributed by atoms with Gasteiger partial charge in [0.05, 0.1) is 11.9 Å². The molecule has 3 rings (SSSR count). The summed E-state index contributed by atoms with van der Waals surface area (Å²) in [6, 6.07) is 14.0. The van der Waals surface area contributed by atoms with Crippen molar-refractivity contribution in [2.45, 2.75) is 36.2 Å². The maximum atomic E-state index is 12.2. The van der Waals surface area contributed by atoms with Crippen molar-refractivity contribution < 1.29 is 13.5 Å². The molecule has 27 heavy (non-hydrogen) atoms. The highest BCUT2D eigenvalue weighted by molar-refractivity contribution is 7.93. The number of likely N-dealkylation sites (tertiary alicyclic amines) is 1. The molecule has 7 heteroatoms. The van der Waals surface area contributed by atoms with Crippen LogP contribution in [0.2, 0.25) is 0 Å². The van der Waals surface area contributed by atoms with E-state index in [-0.39, 0.29) is 11.8 Å². The van der Waals surface area contributed by atoms with Crippen LogP contribution >= 0.6 is 11.3 Å². The molecule has 1 aliphatic rings. The number of rotatable bonds is 9. The zero-order chi connectivity index (χ0) is 19.3. The van der Waals surface area contributed by atoms with Crippen LogP contribution in [-0.4, -0.2) is 56.0 Å². The molecule has 5 nitrogen and oxygen atoms in total. The molecule has 1 fully saturated rings. The number of benzene rings is 1. The molecule has 0 radical (unpaired) electrons. The SMILES string of the molecule is CC(NCC(O)CS(=O)(=O)c1cccs1)C1CCN(Cc2ccccc2)C1. The molecule has 2 heterocycles. The highest BCUT2D eigenvalue weighted by Gasteiger charge is 2.28. The lowest BCUT2D eigenvalue weighted by Crippen LogP contribution is -2.41. The normalized spacial score (nSPS) is 20.6. The molecule has 0 aliphatic carbocycles. The fourth-order valence-electron chi connectivity index (χ4n) is 3.58. The molecule has 0 amide bonds. The molecule has 0 bridgehead atoms. The van der Waals surface area contributed by atoms with Gasteiger partial charge in [-0.2, -0.15) is 0 Å². The number of thiophene rings is 1. The Morgan fingerprint density at radius 2 is 2.04 bits per heavy atom. The van der Waals surface area contributed by atoms with Crippen LogP contribution in [0.25, 0.3) is 0 Å². The lowest BCUT2D eigenvalue weighted by molar-refractivity contribution is 0.183. The third-order valence-electron chi connectivity index (χ3n) is 5.15. The largest absolute Gasteiger partial charge is 0.391 e. The number of nitrogens with one attached hydrogen (secondary N) is 1. The van der Waals surface area contributed by atoms with Gasteiger partial charge in [-0.05, 0) is 42.8 Å². The molecule has 0 saturated carbocycles. The minimum absolute atomic E-state index is 0.238. The molecule has 2 aromatic rings. The van der Waals surface area contributed by atoms with Gasteiger partial charge in [0.15, 0.2) is 9.84 Å². The minimum atomic E-state index is -3.41. The van der Waals surface area contributed by atoms with Crippen LogP contribution in [0.5, 0.6) is 0 Å².